The zero-order chi connectivity index (χ0) is 17.4. The van der Waals surface area contributed by atoms with Gasteiger partial charge in [-0.15, -0.1) is 0 Å². The molecule has 0 N–H and O–H groups in total. The minimum atomic E-state index is 0.338. The molecule has 0 amide bonds. The van der Waals surface area contributed by atoms with E-state index in [4.69, 9.17) is 14.2 Å². The Balaban J connectivity index is 1.72. The molecule has 0 spiro atoms. The van der Waals surface area contributed by atoms with Crippen LogP contribution in [0.5, 0.6) is 11.5 Å². The van der Waals surface area contributed by atoms with Gasteiger partial charge in [0, 0.05) is 13.1 Å². The Hall–Kier alpha value is -1.52. The zero-order valence-electron chi connectivity index (χ0n) is 15.5. The van der Waals surface area contributed by atoms with Crippen LogP contribution >= 0.6 is 0 Å². The fourth-order valence-corrected chi connectivity index (χ4v) is 3.19. The number of nitrogens with zero attached hydrogens (tertiary/aromatic N) is 1. The summed E-state index contributed by atoms with van der Waals surface area (Å²) in [7, 11) is 1.68. The minimum absolute atomic E-state index is 0.338. The molecule has 0 radical (unpaired) electrons. The van der Waals surface area contributed by atoms with Crippen molar-refractivity contribution in [2.75, 3.05) is 33.4 Å². The van der Waals surface area contributed by atoms with Crippen molar-refractivity contribution >= 4 is 6.08 Å². The average Bonchev–Trinajstić information content (AvgIpc) is 2.55. The summed E-state index contributed by atoms with van der Waals surface area (Å²) in [4.78, 5) is 2.49. The normalized spacial score (nSPS) is 22.0. The van der Waals surface area contributed by atoms with Gasteiger partial charge < -0.3 is 14.2 Å². The number of allylic oxidation sites excluding steroid dienone is 1. The van der Waals surface area contributed by atoms with E-state index in [1.807, 2.05) is 31.2 Å². The first-order valence-electron chi connectivity index (χ1n) is 8.93. The lowest BCUT2D eigenvalue weighted by Gasteiger charge is -2.35. The summed E-state index contributed by atoms with van der Waals surface area (Å²) < 4.78 is 17.1. The van der Waals surface area contributed by atoms with E-state index in [0.29, 0.717) is 12.2 Å². The van der Waals surface area contributed by atoms with Crippen LogP contribution in [-0.4, -0.2) is 50.5 Å². The van der Waals surface area contributed by atoms with Gasteiger partial charge in [0.25, 0.3) is 0 Å². The highest BCUT2D eigenvalue weighted by molar-refractivity contribution is 5.55. The van der Waals surface area contributed by atoms with Crippen LogP contribution in [0.3, 0.4) is 0 Å². The highest BCUT2D eigenvalue weighted by Crippen LogP contribution is 2.28. The van der Waals surface area contributed by atoms with Gasteiger partial charge in [0.05, 0.1) is 25.9 Å². The van der Waals surface area contributed by atoms with Crippen LogP contribution in [0.25, 0.3) is 6.08 Å². The van der Waals surface area contributed by atoms with E-state index >= 15 is 0 Å². The van der Waals surface area contributed by atoms with Crippen LogP contribution in [0.4, 0.5) is 0 Å². The van der Waals surface area contributed by atoms with Crippen LogP contribution in [0.1, 0.15) is 39.2 Å². The molecular formula is C20H31NO3. The third-order valence-electron chi connectivity index (χ3n) is 4.17. The van der Waals surface area contributed by atoms with Gasteiger partial charge in [0.1, 0.15) is 0 Å². The van der Waals surface area contributed by atoms with Crippen molar-refractivity contribution in [2.24, 2.45) is 0 Å². The molecule has 0 saturated carbocycles. The van der Waals surface area contributed by atoms with Crippen LogP contribution in [-0.2, 0) is 4.74 Å². The summed E-state index contributed by atoms with van der Waals surface area (Å²) in [6.45, 7) is 10.2. The summed E-state index contributed by atoms with van der Waals surface area (Å²) >= 11 is 0. The molecule has 2 rings (SSSR count). The van der Waals surface area contributed by atoms with Crippen molar-refractivity contribution in [1.29, 1.82) is 0 Å². The van der Waals surface area contributed by atoms with E-state index in [-0.39, 0.29) is 0 Å². The molecule has 24 heavy (non-hydrogen) atoms. The molecule has 1 aliphatic rings. The number of unbranched alkanes of at least 4 members (excludes halogenated alkanes) is 1. The Labute approximate surface area is 146 Å². The lowest BCUT2D eigenvalue weighted by atomic mass is 10.2. The molecule has 0 aliphatic carbocycles. The molecule has 0 aromatic heterocycles. The second kappa shape index (κ2) is 9.70. The average molecular weight is 333 g/mol. The van der Waals surface area contributed by atoms with Gasteiger partial charge in [-0.3, -0.25) is 4.90 Å². The fraction of sp³-hybridized carbons (Fsp3) is 0.600. The Kier molecular flexibility index (Phi) is 7.60. The smallest absolute Gasteiger partial charge is 0.161 e. The van der Waals surface area contributed by atoms with Crippen LogP contribution < -0.4 is 9.47 Å². The number of morpholine rings is 1. The Morgan fingerprint density at radius 1 is 1.17 bits per heavy atom. The molecule has 4 nitrogen and oxygen atoms in total. The molecular weight excluding hydrogens is 302 g/mol. The quantitative estimate of drug-likeness (QED) is 0.673. The van der Waals surface area contributed by atoms with Crippen molar-refractivity contribution < 1.29 is 14.2 Å². The van der Waals surface area contributed by atoms with Crippen molar-refractivity contribution in [3.8, 4) is 11.5 Å². The molecule has 1 aliphatic heterocycles. The number of hydrogen-bond acceptors (Lipinski definition) is 4. The lowest BCUT2D eigenvalue weighted by molar-refractivity contribution is -0.0682. The van der Waals surface area contributed by atoms with E-state index in [9.17, 15) is 0 Å². The van der Waals surface area contributed by atoms with Crippen LogP contribution in [0.15, 0.2) is 24.3 Å². The van der Waals surface area contributed by atoms with Gasteiger partial charge in [0.2, 0.25) is 0 Å². The topological polar surface area (TPSA) is 30.9 Å². The van der Waals surface area contributed by atoms with Crippen LogP contribution in [0.2, 0.25) is 0 Å². The zero-order valence-corrected chi connectivity index (χ0v) is 15.5. The molecule has 2 atom stereocenters. The third kappa shape index (κ3) is 5.84. The highest BCUT2D eigenvalue weighted by atomic mass is 16.5. The summed E-state index contributed by atoms with van der Waals surface area (Å²) in [5.41, 5.74) is 1.12. The lowest BCUT2D eigenvalue weighted by Crippen LogP contribution is -2.45. The SMILES string of the molecule is C/C=C/c1ccc(OCCCCN2C[C@@H](C)O[C@H](C)C2)c(OC)c1. The Morgan fingerprint density at radius 3 is 2.58 bits per heavy atom. The molecule has 1 fully saturated rings. The third-order valence-corrected chi connectivity index (χ3v) is 4.17. The number of benzene rings is 1. The van der Waals surface area contributed by atoms with E-state index in [2.05, 4.69) is 24.8 Å². The largest absolute Gasteiger partial charge is 0.493 e. The maximum absolute atomic E-state index is 5.90. The second-order valence-corrected chi connectivity index (χ2v) is 6.48. The van der Waals surface area contributed by atoms with Crippen molar-refractivity contribution in [1.82, 2.24) is 4.90 Å². The van der Waals surface area contributed by atoms with Gasteiger partial charge in [-0.25, -0.2) is 0 Å². The second-order valence-electron chi connectivity index (χ2n) is 6.48. The molecule has 134 valence electrons. The Morgan fingerprint density at radius 2 is 1.92 bits per heavy atom. The summed E-state index contributed by atoms with van der Waals surface area (Å²) in [6.07, 6.45) is 6.92. The first-order chi connectivity index (χ1) is 11.6. The maximum Gasteiger partial charge on any atom is 0.161 e. The molecule has 4 heteroatoms. The first kappa shape index (κ1) is 18.8. The minimum Gasteiger partial charge on any atom is -0.493 e. The van der Waals surface area contributed by atoms with E-state index < -0.39 is 0 Å². The van der Waals surface area contributed by atoms with Gasteiger partial charge in [-0.2, -0.15) is 0 Å². The number of rotatable bonds is 8. The molecule has 1 saturated heterocycles. The monoisotopic (exact) mass is 333 g/mol. The van der Waals surface area contributed by atoms with E-state index in [1.54, 1.807) is 7.11 Å². The maximum atomic E-state index is 5.90. The van der Waals surface area contributed by atoms with Gasteiger partial charge in [-0.05, 0) is 57.9 Å². The standard InChI is InChI=1S/C20H31NO3/c1-5-8-18-9-10-19(20(13-18)22-4)23-12-7-6-11-21-14-16(2)24-17(3)15-21/h5,8-10,13,16-17H,6-7,11-12,14-15H2,1-4H3/b8-5+/t16-,17-/m1/s1. The van der Waals surface area contributed by atoms with Gasteiger partial charge in [0.15, 0.2) is 11.5 Å². The summed E-state index contributed by atoms with van der Waals surface area (Å²) in [5, 5.41) is 0. The predicted octanol–water partition coefficient (Wildman–Crippen LogP) is 4.00. The number of methoxy groups -OCH3 is 1. The summed E-state index contributed by atoms with van der Waals surface area (Å²) in [5.74, 6) is 1.61. The van der Waals surface area contributed by atoms with Crippen molar-refractivity contribution in [2.45, 2.75) is 45.8 Å². The van der Waals surface area contributed by atoms with Gasteiger partial charge >= 0.3 is 0 Å². The van der Waals surface area contributed by atoms with Crippen molar-refractivity contribution in [3.05, 3.63) is 29.8 Å². The molecule has 0 unspecified atom stereocenters. The molecule has 1 aromatic rings. The van der Waals surface area contributed by atoms with Crippen LogP contribution in [0, 0.1) is 0 Å². The van der Waals surface area contributed by atoms with E-state index in [0.717, 1.165) is 56.1 Å². The van der Waals surface area contributed by atoms with Crippen molar-refractivity contribution in [3.63, 3.8) is 0 Å². The highest BCUT2D eigenvalue weighted by Gasteiger charge is 2.21. The van der Waals surface area contributed by atoms with E-state index in [1.165, 1.54) is 0 Å². The fourth-order valence-electron chi connectivity index (χ4n) is 3.19. The summed E-state index contributed by atoms with van der Waals surface area (Å²) in [6, 6.07) is 6.04. The predicted molar refractivity (Wildman–Crippen MR) is 98.9 cm³/mol. The number of hydrogen-bond donors (Lipinski definition) is 0. The number of ether oxygens (including phenoxy) is 3. The first-order valence-corrected chi connectivity index (χ1v) is 8.93. The molecule has 1 aromatic carbocycles. The molecule has 1 heterocycles. The van der Waals surface area contributed by atoms with Gasteiger partial charge in [-0.1, -0.05) is 18.2 Å². The Bertz CT molecular complexity index is 520. The molecule has 0 bridgehead atoms.